The van der Waals surface area contributed by atoms with Crippen LogP contribution in [0.2, 0.25) is 0 Å². The van der Waals surface area contributed by atoms with E-state index in [2.05, 4.69) is 10.2 Å². The minimum Gasteiger partial charge on any atom is -0.444 e. The van der Waals surface area contributed by atoms with Crippen LogP contribution in [0.4, 0.5) is 19.3 Å². The Kier molecular flexibility index (Phi) is 6.34. The standard InChI is InChI=1S/C18H26F2N2O4S/c1-12-11-13(21-17(23)26-18(2,3)4)9-10-22(12)14-5-7-15(8-6-14)27(24,25)16(19)20/h5-8,12-13,16H,9-11H2,1-4H3,(H,21,23). The molecule has 1 heterocycles. The fourth-order valence-electron chi connectivity index (χ4n) is 3.09. The largest absolute Gasteiger partial charge is 0.444 e. The third-order valence-electron chi connectivity index (χ3n) is 4.33. The van der Waals surface area contributed by atoms with Crippen LogP contribution in [0.25, 0.3) is 0 Å². The average molecular weight is 404 g/mol. The summed E-state index contributed by atoms with van der Waals surface area (Å²) in [6, 6.07) is 5.53. The lowest BCUT2D eigenvalue weighted by Crippen LogP contribution is -2.49. The van der Waals surface area contributed by atoms with Crippen LogP contribution in [0.3, 0.4) is 0 Å². The van der Waals surface area contributed by atoms with Gasteiger partial charge >= 0.3 is 11.9 Å². The number of rotatable bonds is 4. The normalized spacial score (nSPS) is 21.2. The Hall–Kier alpha value is -1.90. The SMILES string of the molecule is CC1CC(NC(=O)OC(C)(C)C)CCN1c1ccc(S(=O)(=O)C(F)F)cc1. The van der Waals surface area contributed by atoms with Gasteiger partial charge in [0, 0.05) is 24.3 Å². The highest BCUT2D eigenvalue weighted by molar-refractivity contribution is 7.91. The van der Waals surface area contributed by atoms with E-state index in [9.17, 15) is 22.0 Å². The molecule has 0 bridgehead atoms. The van der Waals surface area contributed by atoms with E-state index in [4.69, 9.17) is 4.74 Å². The van der Waals surface area contributed by atoms with E-state index in [1.54, 1.807) is 20.8 Å². The summed E-state index contributed by atoms with van der Waals surface area (Å²) in [4.78, 5) is 13.6. The minimum atomic E-state index is -4.59. The summed E-state index contributed by atoms with van der Waals surface area (Å²) >= 11 is 0. The van der Waals surface area contributed by atoms with Crippen LogP contribution >= 0.6 is 0 Å². The lowest BCUT2D eigenvalue weighted by Gasteiger charge is -2.39. The molecular weight excluding hydrogens is 378 g/mol. The number of amides is 1. The number of nitrogens with zero attached hydrogens (tertiary/aromatic N) is 1. The molecule has 9 heteroatoms. The number of alkyl halides is 2. The fraction of sp³-hybridized carbons (Fsp3) is 0.611. The summed E-state index contributed by atoms with van der Waals surface area (Å²) in [5.41, 5.74) is 0.197. The highest BCUT2D eigenvalue weighted by atomic mass is 32.2. The number of hydrogen-bond donors (Lipinski definition) is 1. The first kappa shape index (κ1) is 21.4. The van der Waals surface area contributed by atoms with Crippen molar-refractivity contribution >= 4 is 21.6 Å². The van der Waals surface area contributed by atoms with E-state index in [0.717, 1.165) is 5.69 Å². The predicted octanol–water partition coefficient (Wildman–Crippen LogP) is 3.56. The van der Waals surface area contributed by atoms with Crippen LogP contribution in [0.15, 0.2) is 29.2 Å². The summed E-state index contributed by atoms with van der Waals surface area (Å²) in [7, 11) is -4.59. The van der Waals surface area contributed by atoms with Crippen molar-refractivity contribution in [2.24, 2.45) is 0 Å². The number of piperidine rings is 1. The number of carbonyl (C=O) groups is 1. The van der Waals surface area contributed by atoms with Gasteiger partial charge in [0.1, 0.15) is 5.60 Å². The van der Waals surface area contributed by atoms with Crippen LogP contribution in [-0.2, 0) is 14.6 Å². The van der Waals surface area contributed by atoms with Gasteiger partial charge in [-0.25, -0.2) is 13.2 Å². The fourth-order valence-corrected chi connectivity index (χ4v) is 3.81. The number of carbonyl (C=O) groups excluding carboxylic acids is 1. The molecule has 0 aliphatic carbocycles. The lowest BCUT2D eigenvalue weighted by atomic mass is 9.97. The molecular formula is C18H26F2N2O4S. The molecule has 1 aliphatic rings. The third-order valence-corrected chi connectivity index (χ3v) is 5.73. The zero-order chi connectivity index (χ0) is 20.4. The number of ether oxygens (including phenoxy) is 1. The molecule has 2 atom stereocenters. The number of benzene rings is 1. The first-order valence-electron chi connectivity index (χ1n) is 8.78. The molecule has 1 aromatic rings. The minimum absolute atomic E-state index is 0.0235. The Balaban J connectivity index is 1.99. The van der Waals surface area contributed by atoms with Gasteiger partial charge in [-0.15, -0.1) is 0 Å². The Bertz CT molecular complexity index is 761. The molecule has 1 aliphatic heterocycles. The number of alkyl carbamates (subject to hydrolysis) is 1. The second-order valence-corrected chi connectivity index (χ2v) is 9.63. The van der Waals surface area contributed by atoms with E-state index in [1.165, 1.54) is 24.3 Å². The first-order chi connectivity index (χ1) is 12.4. The van der Waals surface area contributed by atoms with Crippen LogP contribution in [0, 0.1) is 0 Å². The van der Waals surface area contributed by atoms with Gasteiger partial charge < -0.3 is 15.0 Å². The Morgan fingerprint density at radius 2 is 1.85 bits per heavy atom. The quantitative estimate of drug-likeness (QED) is 0.830. The predicted molar refractivity (Wildman–Crippen MR) is 98.8 cm³/mol. The number of nitrogens with one attached hydrogen (secondary N) is 1. The van der Waals surface area contributed by atoms with Gasteiger partial charge in [-0.2, -0.15) is 8.78 Å². The van der Waals surface area contributed by atoms with Crippen LogP contribution in [0.1, 0.15) is 40.5 Å². The smallest absolute Gasteiger partial charge is 0.407 e. The summed E-state index contributed by atoms with van der Waals surface area (Å²) in [5, 5.41) is 2.87. The van der Waals surface area contributed by atoms with Gasteiger partial charge in [-0.3, -0.25) is 0 Å². The molecule has 1 saturated heterocycles. The molecule has 152 valence electrons. The van der Waals surface area contributed by atoms with Crippen molar-refractivity contribution in [3.8, 4) is 0 Å². The third kappa shape index (κ3) is 5.54. The summed E-state index contributed by atoms with van der Waals surface area (Å²) < 4.78 is 53.5. The molecule has 1 fully saturated rings. The Morgan fingerprint density at radius 1 is 1.26 bits per heavy atom. The van der Waals surface area contributed by atoms with Crippen molar-refractivity contribution in [3.63, 3.8) is 0 Å². The summed E-state index contributed by atoms with van der Waals surface area (Å²) in [5.74, 6) is -3.43. The van der Waals surface area contributed by atoms with E-state index in [-0.39, 0.29) is 12.1 Å². The van der Waals surface area contributed by atoms with Gasteiger partial charge in [0.25, 0.3) is 0 Å². The monoisotopic (exact) mass is 404 g/mol. The molecule has 6 nitrogen and oxygen atoms in total. The van der Waals surface area contributed by atoms with Crippen molar-refractivity contribution in [3.05, 3.63) is 24.3 Å². The molecule has 0 spiro atoms. The first-order valence-corrected chi connectivity index (χ1v) is 10.3. The molecule has 27 heavy (non-hydrogen) atoms. The van der Waals surface area contributed by atoms with Gasteiger partial charge in [-0.1, -0.05) is 0 Å². The number of halogens is 2. The van der Waals surface area contributed by atoms with Gasteiger partial charge in [0.05, 0.1) is 4.90 Å². The lowest BCUT2D eigenvalue weighted by molar-refractivity contribution is 0.0494. The Labute approximate surface area is 158 Å². The van der Waals surface area contributed by atoms with Crippen LogP contribution in [0.5, 0.6) is 0 Å². The maximum absolute atomic E-state index is 12.6. The van der Waals surface area contributed by atoms with Gasteiger partial charge in [-0.05, 0) is 64.8 Å². The van der Waals surface area contributed by atoms with Gasteiger partial charge in [0.15, 0.2) is 0 Å². The number of hydrogen-bond acceptors (Lipinski definition) is 5. The van der Waals surface area contributed by atoms with Crippen LogP contribution < -0.4 is 10.2 Å². The molecule has 2 rings (SSSR count). The van der Waals surface area contributed by atoms with E-state index in [0.29, 0.717) is 19.4 Å². The molecule has 1 aromatic carbocycles. The maximum atomic E-state index is 12.6. The van der Waals surface area contributed by atoms with Crippen molar-refractivity contribution in [2.45, 2.75) is 68.9 Å². The topological polar surface area (TPSA) is 75.7 Å². The zero-order valence-corrected chi connectivity index (χ0v) is 16.7. The number of sulfone groups is 1. The Morgan fingerprint density at radius 3 is 2.33 bits per heavy atom. The molecule has 2 unspecified atom stereocenters. The molecule has 0 saturated carbocycles. The second-order valence-electron chi connectivity index (χ2n) is 7.71. The van der Waals surface area contributed by atoms with Crippen molar-refractivity contribution < 1.29 is 26.7 Å². The molecule has 0 radical (unpaired) electrons. The van der Waals surface area contributed by atoms with E-state index >= 15 is 0 Å². The van der Waals surface area contributed by atoms with Gasteiger partial charge in [0.2, 0.25) is 9.84 Å². The number of anilines is 1. The summed E-state index contributed by atoms with van der Waals surface area (Å²) in [6.45, 7) is 8.04. The molecule has 0 aromatic heterocycles. The van der Waals surface area contributed by atoms with Crippen LogP contribution in [-0.4, -0.2) is 44.5 Å². The average Bonchev–Trinajstić information content (AvgIpc) is 2.53. The zero-order valence-electron chi connectivity index (χ0n) is 15.9. The maximum Gasteiger partial charge on any atom is 0.407 e. The highest BCUT2D eigenvalue weighted by Crippen LogP contribution is 2.27. The van der Waals surface area contributed by atoms with Crippen molar-refractivity contribution in [1.29, 1.82) is 0 Å². The van der Waals surface area contributed by atoms with E-state index in [1.807, 2.05) is 6.92 Å². The van der Waals surface area contributed by atoms with Crippen molar-refractivity contribution in [1.82, 2.24) is 5.32 Å². The summed E-state index contributed by atoms with van der Waals surface area (Å²) in [6.07, 6.45) is 0.937. The van der Waals surface area contributed by atoms with Crippen molar-refractivity contribution in [2.75, 3.05) is 11.4 Å². The van der Waals surface area contributed by atoms with E-state index < -0.39 is 32.2 Å². The molecule has 1 amide bonds. The second kappa shape index (κ2) is 8.00. The highest BCUT2D eigenvalue weighted by Gasteiger charge is 2.29. The molecule has 1 N–H and O–H groups in total.